The monoisotopic (exact) mass is 294 g/mol. The summed E-state index contributed by atoms with van der Waals surface area (Å²) in [4.78, 5) is 22.0. The number of nitrogens with one attached hydrogen (secondary N) is 2. The fraction of sp³-hybridized carbons (Fsp3) is 0.833. The Labute approximate surface area is 121 Å². The highest BCUT2D eigenvalue weighted by Gasteiger charge is 2.09. The number of unbranched alkanes of at least 4 members (excludes halogenated alkanes) is 2. The van der Waals surface area contributed by atoms with Crippen molar-refractivity contribution >= 4 is 24.3 Å². The molecule has 1 atom stereocenters. The van der Waals surface area contributed by atoms with Crippen LogP contribution in [0.15, 0.2) is 0 Å². The molecule has 6 nitrogen and oxygen atoms in total. The van der Waals surface area contributed by atoms with Gasteiger partial charge in [-0.1, -0.05) is 19.8 Å². The van der Waals surface area contributed by atoms with Gasteiger partial charge in [0.2, 0.25) is 5.91 Å². The molecule has 114 valence electrons. The molecule has 0 aliphatic heterocycles. The van der Waals surface area contributed by atoms with Crippen molar-refractivity contribution in [3.8, 4) is 0 Å². The summed E-state index contributed by atoms with van der Waals surface area (Å²) in [6.45, 7) is 3.11. The predicted molar refractivity (Wildman–Crippen MR) is 79.2 cm³/mol. The van der Waals surface area contributed by atoms with Crippen molar-refractivity contribution in [3.63, 3.8) is 0 Å². The lowest BCUT2D eigenvalue weighted by molar-refractivity contribution is -0.121. The number of hydrogen-bond acceptors (Lipinski definition) is 3. The van der Waals surface area contributed by atoms with Gasteiger partial charge in [0.25, 0.3) is 0 Å². The maximum Gasteiger partial charge on any atom is 0.312 e. The Morgan fingerprint density at radius 3 is 2.42 bits per heavy atom. The van der Waals surface area contributed by atoms with Crippen molar-refractivity contribution in [1.82, 2.24) is 10.6 Å². The van der Waals surface area contributed by atoms with E-state index in [1.54, 1.807) is 0 Å². The van der Waals surface area contributed by atoms with E-state index in [1.807, 2.05) is 0 Å². The average molecular weight is 295 g/mol. The molecule has 0 aliphatic carbocycles. The number of rotatable bonds is 10. The van der Waals surface area contributed by atoms with E-state index in [0.29, 0.717) is 19.5 Å². The maximum absolute atomic E-state index is 11.6. The molecule has 1 unspecified atom stereocenters. The third kappa shape index (κ3) is 13.2. The van der Waals surface area contributed by atoms with Gasteiger partial charge in [0.1, 0.15) is 0 Å². The molecule has 0 spiro atoms. The van der Waals surface area contributed by atoms with Crippen molar-refractivity contribution in [2.45, 2.75) is 51.5 Å². The molecule has 0 aromatic rings. The number of nitrogens with two attached hydrogens (primary N) is 2. The molecule has 7 heteroatoms. The van der Waals surface area contributed by atoms with E-state index in [0.717, 1.165) is 32.1 Å². The lowest BCUT2D eigenvalue weighted by Gasteiger charge is -2.16. The molecule has 0 bridgehead atoms. The van der Waals surface area contributed by atoms with Crippen molar-refractivity contribution < 1.29 is 9.59 Å². The number of urea groups is 1. The smallest absolute Gasteiger partial charge is 0.312 e. The lowest BCUT2D eigenvalue weighted by Crippen LogP contribution is -2.40. The van der Waals surface area contributed by atoms with Gasteiger partial charge >= 0.3 is 6.03 Å². The van der Waals surface area contributed by atoms with Gasteiger partial charge in [0.05, 0.1) is 0 Å². The van der Waals surface area contributed by atoms with Crippen molar-refractivity contribution in [1.29, 1.82) is 0 Å². The van der Waals surface area contributed by atoms with Gasteiger partial charge in [0, 0.05) is 25.6 Å². The Balaban J connectivity index is 0. The summed E-state index contributed by atoms with van der Waals surface area (Å²) in [5, 5.41) is 5.41. The van der Waals surface area contributed by atoms with Crippen LogP contribution in [0.25, 0.3) is 0 Å². The highest BCUT2D eigenvalue weighted by Crippen LogP contribution is 2.01. The summed E-state index contributed by atoms with van der Waals surface area (Å²) in [6.07, 6.45) is 5.05. The molecule has 3 amide bonds. The standard InChI is InChI=1S/C12H26N4O2.ClH/c1-2-3-6-10(9-13)16-11(17)7-4-5-8-15-12(14)18;/h10H,2-9,13H2,1H3,(H,16,17)(H3,14,15,18);1H. The minimum absolute atomic E-state index is 0. The molecule has 0 rings (SSSR count). The fourth-order valence-electron chi connectivity index (χ4n) is 1.62. The van der Waals surface area contributed by atoms with E-state index in [4.69, 9.17) is 11.5 Å². The quantitative estimate of drug-likeness (QED) is 0.449. The molecule has 19 heavy (non-hydrogen) atoms. The van der Waals surface area contributed by atoms with Crippen LogP contribution in [0.5, 0.6) is 0 Å². The lowest BCUT2D eigenvalue weighted by atomic mass is 10.1. The van der Waals surface area contributed by atoms with Crippen LogP contribution in [0.3, 0.4) is 0 Å². The zero-order valence-electron chi connectivity index (χ0n) is 11.6. The zero-order chi connectivity index (χ0) is 13.8. The number of primary amides is 1. The number of carbonyl (C=O) groups excluding carboxylic acids is 2. The molecule has 0 aromatic heterocycles. The topological polar surface area (TPSA) is 110 Å². The summed E-state index contributed by atoms with van der Waals surface area (Å²) in [6, 6.07) is -0.441. The number of amides is 3. The highest BCUT2D eigenvalue weighted by atomic mass is 35.5. The van der Waals surface area contributed by atoms with Gasteiger partial charge in [-0.2, -0.15) is 0 Å². The summed E-state index contributed by atoms with van der Waals surface area (Å²) >= 11 is 0. The molecule has 0 saturated carbocycles. The predicted octanol–water partition coefficient (Wildman–Crippen LogP) is 0.881. The fourth-order valence-corrected chi connectivity index (χ4v) is 1.62. The van der Waals surface area contributed by atoms with Crippen LogP contribution in [0.1, 0.15) is 45.4 Å². The van der Waals surface area contributed by atoms with Crippen LogP contribution in [0.4, 0.5) is 4.79 Å². The Morgan fingerprint density at radius 2 is 1.89 bits per heavy atom. The average Bonchev–Trinajstić information content (AvgIpc) is 2.33. The van der Waals surface area contributed by atoms with Crippen LogP contribution in [0, 0.1) is 0 Å². The Kier molecular flexibility index (Phi) is 14.3. The number of carbonyl (C=O) groups is 2. The minimum atomic E-state index is -0.526. The van der Waals surface area contributed by atoms with E-state index in [9.17, 15) is 9.59 Å². The zero-order valence-corrected chi connectivity index (χ0v) is 12.4. The molecule has 0 radical (unpaired) electrons. The van der Waals surface area contributed by atoms with Gasteiger partial charge in [-0.15, -0.1) is 12.4 Å². The van der Waals surface area contributed by atoms with E-state index in [1.165, 1.54) is 0 Å². The molecule has 0 aromatic carbocycles. The van der Waals surface area contributed by atoms with E-state index in [-0.39, 0.29) is 24.4 Å². The molecule has 0 aliphatic rings. The van der Waals surface area contributed by atoms with E-state index >= 15 is 0 Å². The molecule has 0 saturated heterocycles. The molecular weight excluding hydrogens is 268 g/mol. The Morgan fingerprint density at radius 1 is 1.21 bits per heavy atom. The molecule has 0 fully saturated rings. The summed E-state index contributed by atoms with van der Waals surface area (Å²) in [7, 11) is 0. The SMILES string of the molecule is CCCCC(CN)NC(=O)CCCCNC(N)=O.Cl. The van der Waals surface area contributed by atoms with Crippen molar-refractivity contribution in [2.24, 2.45) is 11.5 Å². The van der Waals surface area contributed by atoms with E-state index in [2.05, 4.69) is 17.6 Å². The first-order valence-electron chi connectivity index (χ1n) is 6.62. The van der Waals surface area contributed by atoms with Gasteiger partial charge in [-0.3, -0.25) is 4.79 Å². The first-order valence-corrected chi connectivity index (χ1v) is 6.62. The van der Waals surface area contributed by atoms with Gasteiger partial charge in [-0.05, 0) is 19.3 Å². The van der Waals surface area contributed by atoms with Gasteiger partial charge in [-0.25, -0.2) is 4.79 Å². The first-order chi connectivity index (χ1) is 8.60. The van der Waals surface area contributed by atoms with Crippen LogP contribution in [-0.4, -0.2) is 31.1 Å². The Hall–Kier alpha value is -1.01. The summed E-state index contributed by atoms with van der Waals surface area (Å²) in [5.41, 5.74) is 10.5. The van der Waals surface area contributed by atoms with Crippen LogP contribution in [-0.2, 0) is 4.79 Å². The van der Waals surface area contributed by atoms with Crippen LogP contribution in [0.2, 0.25) is 0 Å². The van der Waals surface area contributed by atoms with Crippen LogP contribution >= 0.6 is 12.4 Å². The summed E-state index contributed by atoms with van der Waals surface area (Å²) < 4.78 is 0. The molecular formula is C12H27ClN4O2. The van der Waals surface area contributed by atoms with E-state index < -0.39 is 6.03 Å². The van der Waals surface area contributed by atoms with Crippen molar-refractivity contribution in [3.05, 3.63) is 0 Å². The highest BCUT2D eigenvalue weighted by molar-refractivity contribution is 5.85. The maximum atomic E-state index is 11.6. The summed E-state index contributed by atoms with van der Waals surface area (Å²) in [5.74, 6) is 0.0284. The second-order valence-electron chi connectivity index (χ2n) is 4.39. The Bertz CT molecular complexity index is 252. The second kappa shape index (κ2) is 13.4. The first kappa shape index (κ1) is 20.3. The second-order valence-corrected chi connectivity index (χ2v) is 4.39. The molecule has 0 heterocycles. The third-order valence-corrected chi connectivity index (χ3v) is 2.69. The molecule has 6 N–H and O–H groups in total. The normalized spacial score (nSPS) is 11.3. The number of hydrogen-bond donors (Lipinski definition) is 4. The van der Waals surface area contributed by atoms with Gasteiger partial charge < -0.3 is 22.1 Å². The third-order valence-electron chi connectivity index (χ3n) is 2.69. The largest absolute Gasteiger partial charge is 0.352 e. The van der Waals surface area contributed by atoms with Crippen LogP contribution < -0.4 is 22.1 Å². The number of halogens is 1. The van der Waals surface area contributed by atoms with Crippen molar-refractivity contribution in [2.75, 3.05) is 13.1 Å². The van der Waals surface area contributed by atoms with Gasteiger partial charge in [0.15, 0.2) is 0 Å². The minimum Gasteiger partial charge on any atom is -0.352 e.